The summed E-state index contributed by atoms with van der Waals surface area (Å²) >= 11 is 3.18. The lowest BCUT2D eigenvalue weighted by molar-refractivity contribution is -0.140. The second kappa shape index (κ2) is 14.1. The summed E-state index contributed by atoms with van der Waals surface area (Å²) in [6.07, 6.45) is 3.39. The summed E-state index contributed by atoms with van der Waals surface area (Å²) in [6.45, 7) is 6.99. The Labute approximate surface area is 254 Å². The first-order valence-electron chi connectivity index (χ1n) is 14.0. The molecule has 0 atom stereocenters. The van der Waals surface area contributed by atoms with Gasteiger partial charge in [-0.15, -0.1) is 21.6 Å². The van der Waals surface area contributed by atoms with E-state index in [2.05, 4.69) is 83.6 Å². The minimum absolute atomic E-state index is 0.250. The Morgan fingerprint density at radius 2 is 1.79 bits per heavy atom. The lowest BCUT2D eigenvalue weighted by Crippen LogP contribution is -2.15. The number of hydrogen-bond donors (Lipinski definition) is 4. The number of ether oxygens (including phenoxy) is 1. The van der Waals surface area contributed by atoms with Crippen molar-refractivity contribution in [2.45, 2.75) is 39.5 Å². The van der Waals surface area contributed by atoms with Crippen molar-refractivity contribution in [2.24, 2.45) is 10.2 Å². The predicted molar refractivity (Wildman–Crippen MR) is 174 cm³/mol. The second-order valence-electron chi connectivity index (χ2n) is 10.0. The minimum Gasteiger partial charge on any atom is -0.469 e. The summed E-state index contributed by atoms with van der Waals surface area (Å²) in [5.41, 5.74) is 13.5. The Bertz CT molecular complexity index is 1530. The molecule has 2 aromatic carbocycles. The van der Waals surface area contributed by atoms with E-state index in [1.807, 2.05) is 30.5 Å². The van der Waals surface area contributed by atoms with Gasteiger partial charge in [0.05, 0.1) is 42.3 Å². The SMILES string of the molecule is COC(=O)CCc1csc(N=Nc2ccc(NCNc3ccc(NNc4ccc(N5CCCC5)s4)cc3C)cc2C)n1. The molecule has 10 nitrogen and oxygen atoms in total. The molecule has 1 aliphatic heterocycles. The van der Waals surface area contributed by atoms with Gasteiger partial charge in [-0.1, -0.05) is 11.3 Å². The van der Waals surface area contributed by atoms with Crippen LogP contribution in [0.3, 0.4) is 0 Å². The Hall–Kier alpha value is -4.16. The molecule has 1 aliphatic rings. The molecule has 0 unspecified atom stereocenters. The monoisotopic (exact) mass is 604 g/mol. The largest absolute Gasteiger partial charge is 0.469 e. The Morgan fingerprint density at radius 3 is 2.57 bits per heavy atom. The number of nitrogens with one attached hydrogen (secondary N) is 4. The van der Waals surface area contributed by atoms with E-state index in [9.17, 15) is 4.79 Å². The maximum atomic E-state index is 11.3. The van der Waals surface area contributed by atoms with E-state index in [1.54, 1.807) is 11.3 Å². The molecule has 1 fully saturated rings. The molecular weight excluding hydrogens is 569 g/mol. The van der Waals surface area contributed by atoms with Crippen LogP contribution in [0.1, 0.15) is 36.1 Å². The first kappa shape index (κ1) is 29.3. The van der Waals surface area contributed by atoms with Crippen molar-refractivity contribution in [3.63, 3.8) is 0 Å². The lowest BCUT2D eigenvalue weighted by atomic mass is 10.2. The number of thiazole rings is 1. The number of hydrazine groups is 1. The fourth-order valence-corrected chi connectivity index (χ4v) is 6.16. The lowest BCUT2D eigenvalue weighted by Gasteiger charge is -2.15. The molecule has 3 heterocycles. The van der Waals surface area contributed by atoms with Crippen LogP contribution in [0.2, 0.25) is 0 Å². The highest BCUT2D eigenvalue weighted by Crippen LogP contribution is 2.32. The summed E-state index contributed by atoms with van der Waals surface area (Å²) in [5, 5.41) is 20.4. The molecule has 0 bridgehead atoms. The highest BCUT2D eigenvalue weighted by atomic mass is 32.1. The van der Waals surface area contributed by atoms with Crippen molar-refractivity contribution < 1.29 is 9.53 Å². The number of carbonyl (C=O) groups excluding carboxylic acids is 1. The predicted octanol–water partition coefficient (Wildman–Crippen LogP) is 7.86. The summed E-state index contributed by atoms with van der Waals surface area (Å²) in [7, 11) is 1.38. The normalized spacial score (nSPS) is 13.0. The molecule has 220 valence electrons. The zero-order chi connectivity index (χ0) is 29.3. The van der Waals surface area contributed by atoms with Crippen molar-refractivity contribution in [1.29, 1.82) is 0 Å². The molecule has 4 aromatic rings. The quantitative estimate of drug-likeness (QED) is 0.0528. The van der Waals surface area contributed by atoms with Crippen molar-refractivity contribution in [3.8, 4) is 0 Å². The number of aryl methyl sites for hydroxylation is 3. The summed E-state index contributed by atoms with van der Waals surface area (Å²) < 4.78 is 4.68. The van der Waals surface area contributed by atoms with Crippen LogP contribution in [0.25, 0.3) is 0 Å². The number of anilines is 5. The third-order valence-corrected chi connectivity index (χ3v) is 8.77. The van der Waals surface area contributed by atoms with E-state index in [-0.39, 0.29) is 5.97 Å². The van der Waals surface area contributed by atoms with E-state index < -0.39 is 0 Å². The van der Waals surface area contributed by atoms with Gasteiger partial charge in [-0.3, -0.25) is 10.2 Å². The average molecular weight is 605 g/mol. The minimum atomic E-state index is -0.250. The van der Waals surface area contributed by atoms with Crippen molar-refractivity contribution >= 4 is 66.5 Å². The number of azo groups is 1. The summed E-state index contributed by atoms with van der Waals surface area (Å²) in [6, 6.07) is 16.6. The summed E-state index contributed by atoms with van der Waals surface area (Å²) in [4.78, 5) is 18.2. The van der Waals surface area contributed by atoms with Gasteiger partial charge in [-0.25, -0.2) is 4.98 Å². The van der Waals surface area contributed by atoms with Crippen molar-refractivity contribution in [2.75, 3.05) is 53.3 Å². The molecule has 0 amide bonds. The molecule has 5 rings (SSSR count). The molecule has 1 saturated heterocycles. The third kappa shape index (κ3) is 7.98. The number of esters is 1. The average Bonchev–Trinajstić information content (AvgIpc) is 3.78. The van der Waals surface area contributed by atoms with Gasteiger partial charge in [-0.05, 0) is 86.3 Å². The van der Waals surface area contributed by atoms with E-state index in [4.69, 9.17) is 0 Å². The van der Waals surface area contributed by atoms with Crippen LogP contribution in [0.15, 0.2) is 64.1 Å². The Balaban J connectivity index is 1.07. The van der Waals surface area contributed by atoms with Crippen molar-refractivity contribution in [1.82, 2.24) is 4.98 Å². The van der Waals surface area contributed by atoms with Gasteiger partial charge < -0.3 is 25.7 Å². The first-order chi connectivity index (χ1) is 20.5. The number of aromatic nitrogens is 1. The molecular formula is C30H36N8O2S2. The number of hydrogen-bond acceptors (Lipinski definition) is 12. The van der Waals surface area contributed by atoms with Gasteiger partial charge in [0.1, 0.15) is 5.00 Å². The van der Waals surface area contributed by atoms with Crippen LogP contribution >= 0.6 is 22.7 Å². The number of rotatable bonds is 13. The smallest absolute Gasteiger partial charge is 0.305 e. The molecule has 0 saturated carbocycles. The number of benzene rings is 2. The van der Waals surface area contributed by atoms with Crippen LogP contribution in [0, 0.1) is 13.8 Å². The van der Waals surface area contributed by atoms with Gasteiger partial charge in [-0.2, -0.15) is 0 Å². The highest BCUT2D eigenvalue weighted by molar-refractivity contribution is 7.20. The molecule has 2 aromatic heterocycles. The van der Waals surface area contributed by atoms with Gasteiger partial charge >= 0.3 is 5.97 Å². The molecule has 12 heteroatoms. The van der Waals surface area contributed by atoms with Crippen LogP contribution < -0.4 is 26.4 Å². The molecule has 0 aliphatic carbocycles. The number of methoxy groups -OCH3 is 1. The van der Waals surface area contributed by atoms with E-state index in [0.29, 0.717) is 24.6 Å². The van der Waals surface area contributed by atoms with Crippen LogP contribution in [0.5, 0.6) is 0 Å². The summed E-state index contributed by atoms with van der Waals surface area (Å²) in [5.74, 6) is -0.250. The maximum absolute atomic E-state index is 11.3. The number of carbonyl (C=O) groups is 1. The van der Waals surface area contributed by atoms with Crippen LogP contribution in [0.4, 0.5) is 37.9 Å². The molecule has 0 spiro atoms. The van der Waals surface area contributed by atoms with Gasteiger partial charge in [0, 0.05) is 36.3 Å². The van der Waals surface area contributed by atoms with Crippen LogP contribution in [-0.4, -0.2) is 37.8 Å². The first-order valence-corrected chi connectivity index (χ1v) is 15.7. The van der Waals surface area contributed by atoms with Gasteiger partial charge in [0.25, 0.3) is 0 Å². The molecule has 0 radical (unpaired) electrons. The number of nitrogens with zero attached hydrogens (tertiary/aromatic N) is 4. The highest BCUT2D eigenvalue weighted by Gasteiger charge is 2.14. The Morgan fingerprint density at radius 1 is 0.976 bits per heavy atom. The zero-order valence-electron chi connectivity index (χ0n) is 24.1. The van der Waals surface area contributed by atoms with Gasteiger partial charge in [0.15, 0.2) is 0 Å². The van der Waals surface area contributed by atoms with Gasteiger partial charge in [0.2, 0.25) is 5.13 Å². The van der Waals surface area contributed by atoms with E-state index in [1.165, 1.54) is 36.3 Å². The topological polar surface area (TPSA) is 115 Å². The zero-order valence-corrected chi connectivity index (χ0v) is 25.7. The van der Waals surface area contributed by atoms with Crippen molar-refractivity contribution in [3.05, 3.63) is 70.7 Å². The van der Waals surface area contributed by atoms with Crippen LogP contribution in [-0.2, 0) is 16.0 Å². The molecule has 4 N–H and O–H groups in total. The fraction of sp³-hybridized carbons (Fsp3) is 0.333. The second-order valence-corrected chi connectivity index (χ2v) is 11.9. The number of thiophene rings is 1. The standard InChI is InChI=1S/C30H36N8O2S2/c1-20-17-23(34-36-27-11-12-28(42-27)38-14-4-5-15-38)7-9-25(20)32-19-31-22-6-10-26(21(2)16-22)35-37-30-33-24(18-41-30)8-13-29(39)40-3/h6-7,9-12,16-18,31-32,34,36H,4-5,8,13-15,19H2,1-3H3. The van der Waals surface area contributed by atoms with E-state index in [0.717, 1.165) is 57.7 Å². The Kier molecular flexibility index (Phi) is 9.88. The molecule has 42 heavy (non-hydrogen) atoms. The third-order valence-electron chi connectivity index (χ3n) is 6.93. The van der Waals surface area contributed by atoms with E-state index >= 15 is 0 Å². The fourth-order valence-electron chi connectivity index (χ4n) is 4.58. The maximum Gasteiger partial charge on any atom is 0.305 e.